The fourth-order valence-electron chi connectivity index (χ4n) is 1.97. The number of hydrogen-bond acceptors (Lipinski definition) is 4. The van der Waals surface area contributed by atoms with Crippen LogP contribution in [-0.2, 0) is 11.2 Å². The van der Waals surface area contributed by atoms with E-state index < -0.39 is 11.9 Å². The third kappa shape index (κ3) is 3.70. The van der Waals surface area contributed by atoms with Crippen LogP contribution in [0.1, 0.15) is 17.2 Å². The maximum atomic E-state index is 11.6. The molecule has 1 aromatic carbocycles. The molecule has 0 aliphatic rings. The second kappa shape index (κ2) is 6.54. The SMILES string of the molecule is CN(C)c1nccc(C(Cc2ccccc2Cl)C(=O)O)n1. The number of carbonyl (C=O) groups is 1. The van der Waals surface area contributed by atoms with Crippen molar-refractivity contribution in [1.82, 2.24) is 9.97 Å². The Kier molecular flexibility index (Phi) is 4.75. The zero-order chi connectivity index (χ0) is 15.4. The molecule has 1 N–H and O–H groups in total. The molecule has 5 nitrogen and oxygen atoms in total. The van der Waals surface area contributed by atoms with Gasteiger partial charge in [0.1, 0.15) is 5.92 Å². The highest BCUT2D eigenvalue weighted by Crippen LogP contribution is 2.25. The number of halogens is 1. The molecule has 0 saturated carbocycles. The predicted molar refractivity (Wildman–Crippen MR) is 81.9 cm³/mol. The van der Waals surface area contributed by atoms with Crippen molar-refractivity contribution in [3.8, 4) is 0 Å². The molecule has 1 unspecified atom stereocenters. The second-order valence-electron chi connectivity index (χ2n) is 4.86. The monoisotopic (exact) mass is 305 g/mol. The molecule has 0 fully saturated rings. The molecule has 2 aromatic rings. The average Bonchev–Trinajstić information content (AvgIpc) is 2.46. The molecule has 1 aromatic heterocycles. The summed E-state index contributed by atoms with van der Waals surface area (Å²) in [6, 6.07) is 8.86. The summed E-state index contributed by atoms with van der Waals surface area (Å²) < 4.78 is 0. The first kappa shape index (κ1) is 15.3. The standard InChI is InChI=1S/C15H16ClN3O2/c1-19(2)15-17-8-7-13(18-15)11(14(20)21)9-10-5-3-4-6-12(10)16/h3-8,11H,9H2,1-2H3,(H,20,21). The minimum absolute atomic E-state index is 0.291. The quantitative estimate of drug-likeness (QED) is 0.919. The second-order valence-corrected chi connectivity index (χ2v) is 5.27. The normalized spacial score (nSPS) is 12.0. The highest BCUT2D eigenvalue weighted by molar-refractivity contribution is 6.31. The third-order valence-corrected chi connectivity index (χ3v) is 3.47. The lowest BCUT2D eigenvalue weighted by Gasteiger charge is -2.15. The Hall–Kier alpha value is -2.14. The zero-order valence-electron chi connectivity index (χ0n) is 11.8. The molecular weight excluding hydrogens is 290 g/mol. The largest absolute Gasteiger partial charge is 0.481 e. The first-order valence-electron chi connectivity index (χ1n) is 6.45. The number of rotatable bonds is 5. The van der Waals surface area contributed by atoms with Crippen molar-refractivity contribution in [3.05, 3.63) is 52.8 Å². The summed E-state index contributed by atoms with van der Waals surface area (Å²) in [4.78, 5) is 21.7. The van der Waals surface area contributed by atoms with Crippen LogP contribution in [0.25, 0.3) is 0 Å². The molecular formula is C15H16ClN3O2. The van der Waals surface area contributed by atoms with Crippen LogP contribution in [0.4, 0.5) is 5.95 Å². The van der Waals surface area contributed by atoms with Crippen LogP contribution in [0.5, 0.6) is 0 Å². The van der Waals surface area contributed by atoms with Crippen LogP contribution in [0.2, 0.25) is 5.02 Å². The number of nitrogens with zero attached hydrogens (tertiary/aromatic N) is 3. The Morgan fingerprint density at radius 1 is 1.33 bits per heavy atom. The van der Waals surface area contributed by atoms with Gasteiger partial charge in [0, 0.05) is 25.3 Å². The average molecular weight is 306 g/mol. The molecule has 0 saturated heterocycles. The van der Waals surface area contributed by atoms with E-state index >= 15 is 0 Å². The van der Waals surface area contributed by atoms with E-state index in [9.17, 15) is 9.90 Å². The van der Waals surface area contributed by atoms with Gasteiger partial charge in [0.15, 0.2) is 0 Å². The van der Waals surface area contributed by atoms with Gasteiger partial charge in [0.25, 0.3) is 0 Å². The number of aliphatic carboxylic acids is 1. The van der Waals surface area contributed by atoms with Crippen LogP contribution in [0, 0.1) is 0 Å². The Balaban J connectivity index is 2.34. The third-order valence-electron chi connectivity index (χ3n) is 3.10. The van der Waals surface area contributed by atoms with Gasteiger partial charge in [-0.1, -0.05) is 29.8 Å². The van der Waals surface area contributed by atoms with Gasteiger partial charge in [-0.3, -0.25) is 4.79 Å². The van der Waals surface area contributed by atoms with E-state index in [0.717, 1.165) is 5.56 Å². The minimum Gasteiger partial charge on any atom is -0.481 e. The molecule has 110 valence electrons. The van der Waals surface area contributed by atoms with Crippen molar-refractivity contribution >= 4 is 23.5 Å². The highest BCUT2D eigenvalue weighted by atomic mass is 35.5. The smallest absolute Gasteiger partial charge is 0.312 e. The summed E-state index contributed by atoms with van der Waals surface area (Å²) in [6.45, 7) is 0. The Labute approximate surface area is 128 Å². The molecule has 2 rings (SSSR count). The summed E-state index contributed by atoms with van der Waals surface area (Å²) in [7, 11) is 3.62. The summed E-state index contributed by atoms with van der Waals surface area (Å²) >= 11 is 6.11. The summed E-state index contributed by atoms with van der Waals surface area (Å²) in [5, 5.41) is 10.1. The van der Waals surface area contributed by atoms with E-state index in [2.05, 4.69) is 9.97 Å². The van der Waals surface area contributed by atoms with Gasteiger partial charge in [-0.05, 0) is 24.1 Å². The van der Waals surface area contributed by atoms with Gasteiger partial charge in [0.05, 0.1) is 5.69 Å². The van der Waals surface area contributed by atoms with E-state index in [0.29, 0.717) is 23.1 Å². The van der Waals surface area contributed by atoms with Crippen molar-refractivity contribution in [1.29, 1.82) is 0 Å². The van der Waals surface area contributed by atoms with E-state index in [-0.39, 0.29) is 0 Å². The lowest BCUT2D eigenvalue weighted by Crippen LogP contribution is -2.19. The van der Waals surface area contributed by atoms with Crippen molar-refractivity contribution in [2.24, 2.45) is 0 Å². The van der Waals surface area contributed by atoms with E-state index in [4.69, 9.17) is 11.6 Å². The summed E-state index contributed by atoms with van der Waals surface area (Å²) in [5.41, 5.74) is 1.26. The zero-order valence-corrected chi connectivity index (χ0v) is 12.6. The highest BCUT2D eigenvalue weighted by Gasteiger charge is 2.23. The molecule has 21 heavy (non-hydrogen) atoms. The Morgan fingerprint density at radius 3 is 2.67 bits per heavy atom. The predicted octanol–water partition coefficient (Wildman–Crippen LogP) is 2.61. The van der Waals surface area contributed by atoms with Crippen LogP contribution >= 0.6 is 11.6 Å². The maximum absolute atomic E-state index is 11.6. The maximum Gasteiger partial charge on any atom is 0.312 e. The number of anilines is 1. The lowest BCUT2D eigenvalue weighted by atomic mass is 9.96. The molecule has 0 bridgehead atoms. The van der Waals surface area contributed by atoms with Crippen LogP contribution in [0.3, 0.4) is 0 Å². The molecule has 0 aliphatic carbocycles. The van der Waals surface area contributed by atoms with Gasteiger partial charge in [0.2, 0.25) is 5.95 Å². The number of carboxylic acids is 1. The Morgan fingerprint density at radius 2 is 2.05 bits per heavy atom. The van der Waals surface area contributed by atoms with E-state index in [1.165, 1.54) is 0 Å². The van der Waals surface area contributed by atoms with Gasteiger partial charge in [-0.15, -0.1) is 0 Å². The van der Waals surface area contributed by atoms with E-state index in [1.807, 2.05) is 32.3 Å². The van der Waals surface area contributed by atoms with Crippen LogP contribution < -0.4 is 4.90 Å². The van der Waals surface area contributed by atoms with Crippen molar-refractivity contribution in [2.75, 3.05) is 19.0 Å². The van der Waals surface area contributed by atoms with E-state index in [1.54, 1.807) is 23.2 Å². The molecule has 1 heterocycles. The van der Waals surface area contributed by atoms with Crippen molar-refractivity contribution < 1.29 is 9.90 Å². The molecule has 0 aliphatic heterocycles. The summed E-state index contributed by atoms with van der Waals surface area (Å²) in [6.07, 6.45) is 1.86. The molecule has 1 atom stereocenters. The fraction of sp³-hybridized carbons (Fsp3) is 0.267. The minimum atomic E-state index is -0.932. The van der Waals surface area contributed by atoms with Gasteiger partial charge in [-0.25, -0.2) is 9.97 Å². The van der Waals surface area contributed by atoms with Gasteiger partial charge in [-0.2, -0.15) is 0 Å². The fourth-order valence-corrected chi connectivity index (χ4v) is 2.19. The number of carboxylic acid groups (broad SMARTS) is 1. The van der Waals surface area contributed by atoms with Gasteiger partial charge < -0.3 is 10.0 Å². The van der Waals surface area contributed by atoms with Crippen molar-refractivity contribution in [3.63, 3.8) is 0 Å². The van der Waals surface area contributed by atoms with Crippen molar-refractivity contribution in [2.45, 2.75) is 12.3 Å². The van der Waals surface area contributed by atoms with Crippen LogP contribution in [0.15, 0.2) is 36.5 Å². The lowest BCUT2D eigenvalue weighted by molar-refractivity contribution is -0.138. The molecule has 0 amide bonds. The number of benzene rings is 1. The Bertz CT molecular complexity index is 646. The first-order chi connectivity index (χ1) is 9.99. The number of aromatic nitrogens is 2. The molecule has 0 spiro atoms. The number of hydrogen-bond donors (Lipinski definition) is 1. The van der Waals surface area contributed by atoms with Gasteiger partial charge >= 0.3 is 5.97 Å². The topological polar surface area (TPSA) is 66.3 Å². The molecule has 6 heteroatoms. The van der Waals surface area contributed by atoms with Crippen LogP contribution in [-0.4, -0.2) is 35.1 Å². The molecule has 0 radical (unpaired) electrons. The summed E-state index contributed by atoms with van der Waals surface area (Å²) in [5.74, 6) is -1.21. The first-order valence-corrected chi connectivity index (χ1v) is 6.83.